The Morgan fingerprint density at radius 1 is 0.620 bits per heavy atom. The van der Waals surface area contributed by atoms with Crippen molar-refractivity contribution in [2.24, 2.45) is 11.8 Å². The molecule has 3 unspecified atom stereocenters. The molecule has 244 valence electrons. The van der Waals surface area contributed by atoms with E-state index in [-0.39, 0.29) is 10.8 Å². The van der Waals surface area contributed by atoms with E-state index in [4.69, 9.17) is 0 Å². The summed E-state index contributed by atoms with van der Waals surface area (Å²) in [6, 6.07) is 39.5. The molecule has 6 aromatic carbocycles. The summed E-state index contributed by atoms with van der Waals surface area (Å²) in [6.45, 7) is 9.78. The number of rotatable bonds is 2. The van der Waals surface area contributed by atoms with Gasteiger partial charge in [-0.1, -0.05) is 137 Å². The molecule has 0 fully saturated rings. The van der Waals surface area contributed by atoms with Gasteiger partial charge in [0.25, 0.3) is 0 Å². The lowest BCUT2D eigenvalue weighted by molar-refractivity contribution is 0.282. The number of hydrogen-bond donors (Lipinski definition) is 0. The highest BCUT2D eigenvalue weighted by atomic mass is 15.0. The lowest BCUT2D eigenvalue weighted by Gasteiger charge is -2.35. The van der Waals surface area contributed by atoms with Crippen LogP contribution in [0.1, 0.15) is 62.9 Å². The van der Waals surface area contributed by atoms with Crippen LogP contribution < -0.4 is 0 Å². The van der Waals surface area contributed by atoms with Gasteiger partial charge in [-0.2, -0.15) is 0 Å². The lowest BCUT2D eigenvalue weighted by atomic mass is 9.68. The van der Waals surface area contributed by atoms with Crippen LogP contribution in [-0.4, -0.2) is 4.57 Å². The molecule has 50 heavy (non-hydrogen) atoms. The van der Waals surface area contributed by atoms with Gasteiger partial charge in [0.15, 0.2) is 0 Å². The summed E-state index contributed by atoms with van der Waals surface area (Å²) in [5.41, 5.74) is 11.2. The third-order valence-corrected chi connectivity index (χ3v) is 12.7. The molecule has 3 aliphatic rings. The van der Waals surface area contributed by atoms with Gasteiger partial charge in [-0.25, -0.2) is 0 Å². The van der Waals surface area contributed by atoms with E-state index >= 15 is 0 Å². The Kier molecular flexibility index (Phi) is 6.35. The molecular weight excluding hydrogens is 603 g/mol. The van der Waals surface area contributed by atoms with Gasteiger partial charge < -0.3 is 4.57 Å². The van der Waals surface area contributed by atoms with Crippen LogP contribution in [0.4, 0.5) is 0 Å². The molecular formula is C49H43N. The van der Waals surface area contributed by atoms with Crippen LogP contribution in [0.25, 0.3) is 66.1 Å². The first-order valence-corrected chi connectivity index (χ1v) is 18.5. The summed E-state index contributed by atoms with van der Waals surface area (Å²) in [4.78, 5) is 0. The van der Waals surface area contributed by atoms with E-state index in [9.17, 15) is 0 Å². The fraction of sp³-hybridized carbons (Fsp3) is 0.224. The van der Waals surface area contributed by atoms with E-state index in [2.05, 4.69) is 172 Å². The Morgan fingerprint density at radius 3 is 2.06 bits per heavy atom. The van der Waals surface area contributed by atoms with Gasteiger partial charge in [0.05, 0.1) is 5.52 Å². The van der Waals surface area contributed by atoms with Crippen LogP contribution in [0.5, 0.6) is 0 Å². The first-order valence-electron chi connectivity index (χ1n) is 18.5. The fourth-order valence-corrected chi connectivity index (χ4v) is 10.2. The van der Waals surface area contributed by atoms with E-state index in [0.29, 0.717) is 11.8 Å². The molecule has 0 bridgehead atoms. The third-order valence-electron chi connectivity index (χ3n) is 12.7. The molecule has 1 heterocycles. The summed E-state index contributed by atoms with van der Waals surface area (Å²) in [5, 5.41) is 9.27. The summed E-state index contributed by atoms with van der Waals surface area (Å²) >= 11 is 0. The van der Waals surface area contributed by atoms with E-state index in [1.54, 1.807) is 0 Å². The molecule has 3 atom stereocenters. The molecule has 0 N–H and O–H groups in total. The second-order valence-corrected chi connectivity index (χ2v) is 16.1. The smallest absolute Gasteiger partial charge is 0.0538 e. The Morgan fingerprint density at radius 2 is 1.30 bits per heavy atom. The molecule has 1 aromatic heterocycles. The van der Waals surface area contributed by atoms with Gasteiger partial charge in [-0.3, -0.25) is 0 Å². The quantitative estimate of drug-likeness (QED) is 0.165. The van der Waals surface area contributed by atoms with Crippen molar-refractivity contribution >= 4 is 49.3 Å². The van der Waals surface area contributed by atoms with E-state index in [1.165, 1.54) is 82.4 Å². The molecule has 1 nitrogen and oxygen atoms in total. The minimum atomic E-state index is 0.0684. The first-order chi connectivity index (χ1) is 24.3. The molecule has 0 amide bonds. The van der Waals surface area contributed by atoms with Crippen molar-refractivity contribution in [3.8, 4) is 16.8 Å². The number of benzene rings is 6. The zero-order valence-electron chi connectivity index (χ0n) is 29.5. The number of fused-ring (bicyclic) bond motifs is 12. The Bertz CT molecular complexity index is 2600. The standard InChI is InChI=1S/C49H43N/c1-31-13-12-18-45-41(27-31)42-28-32(33-20-24-43-44(29-33)48(2,3)47-19-6-5-11-26-49(43,47)4)21-25-46(42)50(45)34-22-23-39-37-16-8-7-14-35(37)36-15-9-10-17-38(36)40(39)30-34/h5-12,14-25,28-31,47H,13,26-27H2,1-4H3. The van der Waals surface area contributed by atoms with Gasteiger partial charge >= 0.3 is 0 Å². The Hall–Kier alpha value is -5.14. The molecule has 7 aromatic rings. The van der Waals surface area contributed by atoms with Crippen molar-refractivity contribution in [2.45, 2.75) is 57.8 Å². The average Bonchev–Trinajstić information content (AvgIpc) is 3.29. The van der Waals surface area contributed by atoms with Gasteiger partial charge in [-0.15, -0.1) is 0 Å². The molecule has 0 saturated carbocycles. The Labute approximate surface area is 295 Å². The van der Waals surface area contributed by atoms with Gasteiger partial charge in [-0.05, 0) is 127 Å². The summed E-state index contributed by atoms with van der Waals surface area (Å²) in [7, 11) is 0. The zero-order chi connectivity index (χ0) is 33.8. The average molecular weight is 646 g/mol. The number of aromatic nitrogens is 1. The van der Waals surface area contributed by atoms with Crippen molar-refractivity contribution in [1.29, 1.82) is 0 Å². The molecule has 0 spiro atoms. The van der Waals surface area contributed by atoms with Gasteiger partial charge in [0, 0.05) is 22.2 Å². The monoisotopic (exact) mass is 645 g/mol. The third kappa shape index (κ3) is 4.13. The fourth-order valence-electron chi connectivity index (χ4n) is 10.2. The highest BCUT2D eigenvalue weighted by molar-refractivity contribution is 6.25. The topological polar surface area (TPSA) is 4.93 Å². The van der Waals surface area contributed by atoms with Crippen molar-refractivity contribution in [2.75, 3.05) is 0 Å². The number of nitrogens with zero attached hydrogens (tertiary/aromatic N) is 1. The van der Waals surface area contributed by atoms with Crippen molar-refractivity contribution in [3.63, 3.8) is 0 Å². The van der Waals surface area contributed by atoms with Crippen molar-refractivity contribution in [3.05, 3.63) is 156 Å². The molecule has 3 aliphatic carbocycles. The maximum Gasteiger partial charge on any atom is 0.0538 e. The predicted molar refractivity (Wildman–Crippen MR) is 215 cm³/mol. The van der Waals surface area contributed by atoms with Gasteiger partial charge in [0.2, 0.25) is 0 Å². The largest absolute Gasteiger partial charge is 0.310 e. The van der Waals surface area contributed by atoms with E-state index in [1.807, 2.05) is 0 Å². The second-order valence-electron chi connectivity index (χ2n) is 16.1. The highest BCUT2D eigenvalue weighted by Gasteiger charge is 2.51. The van der Waals surface area contributed by atoms with Crippen molar-refractivity contribution < 1.29 is 0 Å². The lowest BCUT2D eigenvalue weighted by Crippen LogP contribution is -2.33. The van der Waals surface area contributed by atoms with Crippen LogP contribution in [-0.2, 0) is 17.3 Å². The van der Waals surface area contributed by atoms with Crippen molar-refractivity contribution in [1.82, 2.24) is 4.57 Å². The minimum absolute atomic E-state index is 0.0684. The van der Waals surface area contributed by atoms with Crippen LogP contribution in [0.2, 0.25) is 0 Å². The minimum Gasteiger partial charge on any atom is -0.310 e. The second kappa shape index (κ2) is 10.7. The maximum absolute atomic E-state index is 2.53. The van der Waals surface area contributed by atoms with Crippen LogP contribution in [0.15, 0.2) is 134 Å². The highest BCUT2D eigenvalue weighted by Crippen LogP contribution is 2.57. The number of hydrogen-bond acceptors (Lipinski definition) is 0. The van der Waals surface area contributed by atoms with Crippen LogP contribution in [0, 0.1) is 11.8 Å². The van der Waals surface area contributed by atoms with E-state index < -0.39 is 0 Å². The molecule has 0 aliphatic heterocycles. The molecule has 1 heteroatoms. The summed E-state index contributed by atoms with van der Waals surface area (Å²) in [6.07, 6.45) is 17.4. The Balaban J connectivity index is 1.17. The molecule has 0 radical (unpaired) electrons. The SMILES string of the molecule is CC1CC=Cc2c(c3cc(-c4ccc5c(c4)C(C)(C)C4C=CC=CCC54C)ccc3n2-c2ccc3c4ccccc4c4ccccc4c3c2)C1. The zero-order valence-corrected chi connectivity index (χ0v) is 29.5. The summed E-state index contributed by atoms with van der Waals surface area (Å²) in [5.74, 6) is 1.08. The van der Waals surface area contributed by atoms with E-state index in [0.717, 1.165) is 19.3 Å². The summed E-state index contributed by atoms with van der Waals surface area (Å²) < 4.78 is 2.53. The maximum atomic E-state index is 2.53. The number of allylic oxidation sites excluding steroid dienone is 5. The molecule has 10 rings (SSSR count). The first kappa shape index (κ1) is 29.7. The van der Waals surface area contributed by atoms with Crippen LogP contribution in [0.3, 0.4) is 0 Å². The normalized spacial score (nSPS) is 22.2. The van der Waals surface area contributed by atoms with Crippen LogP contribution >= 0.6 is 0 Å². The molecule has 0 saturated heterocycles. The predicted octanol–water partition coefficient (Wildman–Crippen LogP) is 13.0. The van der Waals surface area contributed by atoms with Gasteiger partial charge in [0.1, 0.15) is 0 Å².